The summed E-state index contributed by atoms with van der Waals surface area (Å²) in [6, 6.07) is 0. The lowest BCUT2D eigenvalue weighted by atomic mass is 9.89. The van der Waals surface area contributed by atoms with Gasteiger partial charge in [-0.2, -0.15) is 4.98 Å². The number of rotatable bonds is 3. The molecule has 94 valence electrons. The molecule has 0 amide bonds. The van der Waals surface area contributed by atoms with E-state index in [0.717, 1.165) is 18.3 Å². The van der Waals surface area contributed by atoms with Crippen molar-refractivity contribution in [1.82, 2.24) is 9.97 Å². The van der Waals surface area contributed by atoms with Crippen molar-refractivity contribution in [2.75, 3.05) is 24.2 Å². The Balaban J connectivity index is 2.02. The molecule has 0 saturated heterocycles. The molecule has 1 heterocycles. The highest BCUT2D eigenvalue weighted by molar-refractivity contribution is 6.28. The second-order valence-corrected chi connectivity index (χ2v) is 5.14. The number of nitrogens with zero attached hydrogens (tertiary/aromatic N) is 3. The molecule has 1 aliphatic rings. The van der Waals surface area contributed by atoms with Crippen molar-refractivity contribution < 1.29 is 0 Å². The van der Waals surface area contributed by atoms with Crippen molar-refractivity contribution in [3.05, 3.63) is 11.5 Å². The van der Waals surface area contributed by atoms with Crippen molar-refractivity contribution in [3.8, 4) is 0 Å². The lowest BCUT2D eigenvalue weighted by Gasteiger charge is -2.28. The van der Waals surface area contributed by atoms with Gasteiger partial charge in [0, 0.05) is 13.6 Å². The van der Waals surface area contributed by atoms with E-state index >= 15 is 0 Å². The van der Waals surface area contributed by atoms with Crippen LogP contribution in [-0.4, -0.2) is 23.6 Å². The van der Waals surface area contributed by atoms with Gasteiger partial charge in [0.2, 0.25) is 5.28 Å². The largest absolute Gasteiger partial charge is 0.394 e. The van der Waals surface area contributed by atoms with Gasteiger partial charge in [-0.3, -0.25) is 0 Å². The Labute approximate surface area is 107 Å². The molecule has 1 aliphatic carbocycles. The maximum absolute atomic E-state index is 5.87. The lowest BCUT2D eigenvalue weighted by molar-refractivity contribution is 0.361. The van der Waals surface area contributed by atoms with Gasteiger partial charge in [0.1, 0.15) is 0 Å². The molecule has 1 fully saturated rings. The van der Waals surface area contributed by atoms with Crippen molar-refractivity contribution >= 4 is 23.1 Å². The minimum Gasteiger partial charge on any atom is -0.394 e. The molecule has 0 atom stereocenters. The Morgan fingerprint density at radius 1 is 1.41 bits per heavy atom. The standard InChI is InChI=1S/C12H19ClN4/c1-17(8-9-5-3-2-4-6-9)11-10(14)7-15-12(13)16-11/h7,9H,2-6,8,14H2,1H3. The van der Waals surface area contributed by atoms with Gasteiger partial charge in [0.15, 0.2) is 5.82 Å². The first-order valence-corrected chi connectivity index (χ1v) is 6.54. The number of hydrogen-bond acceptors (Lipinski definition) is 4. The monoisotopic (exact) mass is 254 g/mol. The highest BCUT2D eigenvalue weighted by Gasteiger charge is 2.17. The first-order chi connectivity index (χ1) is 8.16. The highest BCUT2D eigenvalue weighted by Crippen LogP contribution is 2.27. The van der Waals surface area contributed by atoms with Crippen LogP contribution in [0.5, 0.6) is 0 Å². The molecule has 2 N–H and O–H groups in total. The Hall–Kier alpha value is -1.03. The van der Waals surface area contributed by atoms with Crippen LogP contribution in [0.3, 0.4) is 0 Å². The molecule has 1 aromatic rings. The first kappa shape index (κ1) is 12.4. The summed E-state index contributed by atoms with van der Waals surface area (Å²) in [6.07, 6.45) is 8.26. The smallest absolute Gasteiger partial charge is 0.224 e. The predicted octanol–water partition coefficient (Wildman–Crippen LogP) is 2.73. The van der Waals surface area contributed by atoms with Crippen LogP contribution < -0.4 is 10.6 Å². The van der Waals surface area contributed by atoms with E-state index in [1.807, 2.05) is 7.05 Å². The second-order valence-electron chi connectivity index (χ2n) is 4.80. The third kappa shape index (κ3) is 3.22. The molecule has 2 rings (SSSR count). The number of aromatic nitrogens is 2. The number of nitrogen functional groups attached to an aromatic ring is 1. The van der Waals surface area contributed by atoms with E-state index in [9.17, 15) is 0 Å². The summed E-state index contributed by atoms with van der Waals surface area (Å²) < 4.78 is 0. The van der Waals surface area contributed by atoms with Crippen LogP contribution in [0.2, 0.25) is 5.28 Å². The van der Waals surface area contributed by atoms with Crippen LogP contribution in [0.1, 0.15) is 32.1 Å². The normalized spacial score (nSPS) is 17.1. The highest BCUT2D eigenvalue weighted by atomic mass is 35.5. The summed E-state index contributed by atoms with van der Waals surface area (Å²) in [6.45, 7) is 0.998. The molecule has 1 saturated carbocycles. The van der Waals surface area contributed by atoms with Crippen molar-refractivity contribution in [2.45, 2.75) is 32.1 Å². The zero-order valence-corrected chi connectivity index (χ0v) is 11.0. The van der Waals surface area contributed by atoms with E-state index in [1.54, 1.807) is 6.20 Å². The Morgan fingerprint density at radius 2 is 2.12 bits per heavy atom. The second kappa shape index (κ2) is 5.54. The topological polar surface area (TPSA) is 55.0 Å². The molecule has 0 spiro atoms. The number of nitrogens with two attached hydrogens (primary N) is 1. The quantitative estimate of drug-likeness (QED) is 0.843. The molecule has 0 unspecified atom stereocenters. The van der Waals surface area contributed by atoms with Crippen LogP contribution in [0, 0.1) is 5.92 Å². The molecule has 17 heavy (non-hydrogen) atoms. The Morgan fingerprint density at radius 3 is 2.82 bits per heavy atom. The number of anilines is 2. The minimum atomic E-state index is 0.254. The van der Waals surface area contributed by atoms with Gasteiger partial charge in [-0.05, 0) is 30.4 Å². The zero-order valence-electron chi connectivity index (χ0n) is 10.2. The molecular formula is C12H19ClN4. The van der Waals surface area contributed by atoms with E-state index < -0.39 is 0 Å². The third-order valence-electron chi connectivity index (χ3n) is 3.38. The zero-order chi connectivity index (χ0) is 12.3. The average molecular weight is 255 g/mol. The third-order valence-corrected chi connectivity index (χ3v) is 3.57. The SMILES string of the molecule is CN(CC1CCCCC1)c1nc(Cl)ncc1N. The fourth-order valence-corrected chi connectivity index (χ4v) is 2.64. The summed E-state index contributed by atoms with van der Waals surface area (Å²) in [5.74, 6) is 1.50. The van der Waals surface area contributed by atoms with Gasteiger partial charge in [0.05, 0.1) is 11.9 Å². The van der Waals surface area contributed by atoms with Gasteiger partial charge in [-0.15, -0.1) is 0 Å². The number of hydrogen-bond donors (Lipinski definition) is 1. The van der Waals surface area contributed by atoms with E-state index in [4.69, 9.17) is 17.3 Å². The Bertz CT molecular complexity index is 377. The summed E-state index contributed by atoms with van der Waals surface area (Å²) in [5, 5.41) is 0.254. The van der Waals surface area contributed by atoms with Gasteiger partial charge >= 0.3 is 0 Å². The lowest BCUT2D eigenvalue weighted by Crippen LogP contribution is -2.28. The molecule has 0 radical (unpaired) electrons. The van der Waals surface area contributed by atoms with Crippen molar-refractivity contribution in [1.29, 1.82) is 0 Å². The summed E-state index contributed by atoms with van der Waals surface area (Å²) in [4.78, 5) is 10.2. The van der Waals surface area contributed by atoms with E-state index in [-0.39, 0.29) is 5.28 Å². The van der Waals surface area contributed by atoms with Crippen LogP contribution in [-0.2, 0) is 0 Å². The van der Waals surface area contributed by atoms with Crippen LogP contribution in [0.15, 0.2) is 6.20 Å². The molecule has 5 heteroatoms. The Kier molecular flexibility index (Phi) is 4.05. The fraction of sp³-hybridized carbons (Fsp3) is 0.667. The van der Waals surface area contributed by atoms with Crippen LogP contribution in [0.4, 0.5) is 11.5 Å². The maximum Gasteiger partial charge on any atom is 0.224 e. The van der Waals surface area contributed by atoms with Gasteiger partial charge < -0.3 is 10.6 Å². The summed E-state index contributed by atoms with van der Waals surface area (Å²) in [5.41, 5.74) is 6.46. The predicted molar refractivity (Wildman–Crippen MR) is 71.3 cm³/mol. The minimum absolute atomic E-state index is 0.254. The maximum atomic E-state index is 5.87. The van der Waals surface area contributed by atoms with Crippen molar-refractivity contribution in [2.24, 2.45) is 5.92 Å². The molecule has 1 aromatic heterocycles. The molecule has 0 bridgehead atoms. The molecular weight excluding hydrogens is 236 g/mol. The number of halogens is 1. The summed E-state index contributed by atoms with van der Waals surface area (Å²) >= 11 is 5.80. The van der Waals surface area contributed by atoms with Gasteiger partial charge in [-0.25, -0.2) is 4.98 Å². The van der Waals surface area contributed by atoms with Crippen molar-refractivity contribution in [3.63, 3.8) is 0 Å². The van der Waals surface area contributed by atoms with Gasteiger partial charge in [-0.1, -0.05) is 19.3 Å². The molecule has 0 aliphatic heterocycles. The average Bonchev–Trinajstić information content (AvgIpc) is 2.33. The van der Waals surface area contributed by atoms with Crippen LogP contribution >= 0.6 is 11.6 Å². The van der Waals surface area contributed by atoms with Crippen LogP contribution in [0.25, 0.3) is 0 Å². The molecule has 4 nitrogen and oxygen atoms in total. The molecule has 0 aromatic carbocycles. The van der Waals surface area contributed by atoms with E-state index in [2.05, 4.69) is 14.9 Å². The van der Waals surface area contributed by atoms with E-state index in [1.165, 1.54) is 32.1 Å². The first-order valence-electron chi connectivity index (χ1n) is 6.16. The summed E-state index contributed by atoms with van der Waals surface area (Å²) in [7, 11) is 2.02. The van der Waals surface area contributed by atoms with Gasteiger partial charge in [0.25, 0.3) is 0 Å². The fourth-order valence-electron chi connectivity index (χ4n) is 2.51. The van der Waals surface area contributed by atoms with E-state index in [0.29, 0.717) is 5.69 Å².